The predicted octanol–water partition coefficient (Wildman–Crippen LogP) is 6.17. The molecule has 148 valence electrons. The average Bonchev–Trinajstić information content (AvgIpc) is 3.16. The van der Waals surface area contributed by atoms with Crippen molar-refractivity contribution in [3.05, 3.63) is 22.8 Å². The van der Waals surface area contributed by atoms with Crippen molar-refractivity contribution in [2.24, 2.45) is 28.6 Å². The summed E-state index contributed by atoms with van der Waals surface area (Å²) in [5.74, 6) is 2.51. The molecule has 6 rings (SSSR count). The molecule has 1 heterocycles. The number of rotatable bonds is 1. The second-order valence-corrected chi connectivity index (χ2v) is 11.0. The van der Waals surface area contributed by atoms with E-state index in [0.717, 1.165) is 43.8 Å². The van der Waals surface area contributed by atoms with E-state index in [1.54, 1.807) is 16.7 Å². The van der Waals surface area contributed by atoms with Crippen LogP contribution in [0.25, 0.3) is 0 Å². The third kappa shape index (κ3) is 2.21. The summed E-state index contributed by atoms with van der Waals surface area (Å²) in [6, 6.07) is 0. The Balaban J connectivity index is 1.33. The van der Waals surface area contributed by atoms with E-state index in [9.17, 15) is 0 Å². The molecular weight excluding hydrogens is 332 g/mol. The van der Waals surface area contributed by atoms with Crippen molar-refractivity contribution in [3.63, 3.8) is 0 Å². The number of fused-ring (bicyclic) bond motifs is 4. The van der Waals surface area contributed by atoms with Gasteiger partial charge < -0.3 is 9.47 Å². The summed E-state index contributed by atoms with van der Waals surface area (Å²) in [4.78, 5) is 0. The van der Waals surface area contributed by atoms with Gasteiger partial charge in [0.2, 0.25) is 0 Å². The van der Waals surface area contributed by atoms with Gasteiger partial charge in [0.05, 0.1) is 13.2 Å². The van der Waals surface area contributed by atoms with Crippen LogP contribution < -0.4 is 0 Å². The van der Waals surface area contributed by atoms with Gasteiger partial charge in [0.15, 0.2) is 5.79 Å². The highest BCUT2D eigenvalue weighted by atomic mass is 16.7. The molecule has 0 radical (unpaired) electrons. The molecule has 1 saturated heterocycles. The van der Waals surface area contributed by atoms with Gasteiger partial charge in [-0.05, 0) is 91.1 Å². The minimum Gasteiger partial charge on any atom is -0.347 e. The molecule has 2 nitrogen and oxygen atoms in total. The van der Waals surface area contributed by atoms with E-state index in [-0.39, 0.29) is 5.79 Å². The van der Waals surface area contributed by atoms with Crippen LogP contribution in [0.1, 0.15) is 84.5 Å². The molecule has 4 atom stereocenters. The topological polar surface area (TPSA) is 18.5 Å². The molecule has 6 aliphatic rings. The number of allylic oxidation sites excluding steroid dienone is 3. The van der Waals surface area contributed by atoms with Crippen molar-refractivity contribution in [1.29, 1.82) is 0 Å². The first kappa shape index (κ1) is 17.3. The predicted molar refractivity (Wildman–Crippen MR) is 107 cm³/mol. The molecular formula is C25H36O2. The Bertz CT molecular complexity index is 708. The zero-order chi connectivity index (χ0) is 18.3. The molecule has 2 heteroatoms. The van der Waals surface area contributed by atoms with Crippen LogP contribution >= 0.6 is 0 Å². The van der Waals surface area contributed by atoms with Crippen LogP contribution in [0, 0.1) is 28.6 Å². The maximum atomic E-state index is 6.05. The van der Waals surface area contributed by atoms with Crippen molar-refractivity contribution in [1.82, 2.24) is 0 Å². The molecule has 0 aromatic rings. The van der Waals surface area contributed by atoms with E-state index in [1.165, 1.54) is 57.8 Å². The van der Waals surface area contributed by atoms with Crippen molar-refractivity contribution in [3.8, 4) is 0 Å². The lowest BCUT2D eigenvalue weighted by Crippen LogP contribution is -2.48. The summed E-state index contributed by atoms with van der Waals surface area (Å²) in [6.07, 6.45) is 17.4. The lowest BCUT2D eigenvalue weighted by atomic mass is 9.49. The monoisotopic (exact) mass is 368 g/mol. The van der Waals surface area contributed by atoms with Crippen molar-refractivity contribution in [2.45, 2.75) is 90.3 Å². The first-order valence-electron chi connectivity index (χ1n) is 11.7. The Labute approximate surface area is 164 Å². The maximum absolute atomic E-state index is 6.05. The van der Waals surface area contributed by atoms with Crippen LogP contribution in [0.3, 0.4) is 0 Å². The fourth-order valence-corrected chi connectivity index (χ4v) is 8.30. The lowest BCUT2D eigenvalue weighted by molar-refractivity contribution is -0.164. The van der Waals surface area contributed by atoms with Gasteiger partial charge in [-0.2, -0.15) is 0 Å². The molecule has 3 fully saturated rings. The number of ether oxygens (including phenoxy) is 2. The Morgan fingerprint density at radius 1 is 0.926 bits per heavy atom. The Morgan fingerprint density at radius 3 is 2.48 bits per heavy atom. The average molecular weight is 369 g/mol. The van der Waals surface area contributed by atoms with E-state index < -0.39 is 0 Å². The highest BCUT2D eigenvalue weighted by molar-refractivity contribution is 5.45. The van der Waals surface area contributed by atoms with Gasteiger partial charge in [-0.1, -0.05) is 31.9 Å². The van der Waals surface area contributed by atoms with E-state index in [0.29, 0.717) is 10.8 Å². The van der Waals surface area contributed by atoms with E-state index in [2.05, 4.69) is 19.9 Å². The normalized spacial score (nSPS) is 45.9. The maximum Gasteiger partial charge on any atom is 0.172 e. The molecule has 0 aromatic heterocycles. The van der Waals surface area contributed by atoms with Crippen molar-refractivity contribution < 1.29 is 9.47 Å². The molecule has 5 aliphatic carbocycles. The summed E-state index contributed by atoms with van der Waals surface area (Å²) in [5.41, 5.74) is 6.31. The van der Waals surface area contributed by atoms with Gasteiger partial charge in [-0.15, -0.1) is 0 Å². The first-order chi connectivity index (χ1) is 13.0. The third-order valence-corrected chi connectivity index (χ3v) is 10.3. The Morgan fingerprint density at radius 2 is 1.74 bits per heavy atom. The van der Waals surface area contributed by atoms with Crippen LogP contribution in [0.2, 0.25) is 0 Å². The molecule has 2 saturated carbocycles. The van der Waals surface area contributed by atoms with Gasteiger partial charge in [0.1, 0.15) is 0 Å². The fourth-order valence-electron chi connectivity index (χ4n) is 8.30. The summed E-state index contributed by atoms with van der Waals surface area (Å²) < 4.78 is 12.1. The van der Waals surface area contributed by atoms with E-state index >= 15 is 0 Å². The Hall–Kier alpha value is -0.600. The van der Waals surface area contributed by atoms with Gasteiger partial charge in [0.25, 0.3) is 0 Å². The smallest absolute Gasteiger partial charge is 0.172 e. The molecule has 0 unspecified atom stereocenters. The van der Waals surface area contributed by atoms with Gasteiger partial charge in [0, 0.05) is 12.8 Å². The molecule has 1 spiro atoms. The molecule has 27 heavy (non-hydrogen) atoms. The summed E-state index contributed by atoms with van der Waals surface area (Å²) in [5, 5.41) is 0. The minimum atomic E-state index is -0.258. The first-order valence-corrected chi connectivity index (χ1v) is 11.7. The second-order valence-electron chi connectivity index (χ2n) is 11.0. The highest BCUT2D eigenvalue weighted by Crippen LogP contribution is 2.70. The van der Waals surface area contributed by atoms with Crippen LogP contribution in [0.15, 0.2) is 22.8 Å². The molecule has 0 N–H and O–H groups in total. The number of hydrogen-bond donors (Lipinski definition) is 0. The quantitative estimate of drug-likeness (QED) is 0.551. The summed E-state index contributed by atoms with van der Waals surface area (Å²) in [6.45, 7) is 6.92. The van der Waals surface area contributed by atoms with E-state index in [4.69, 9.17) is 9.47 Å². The van der Waals surface area contributed by atoms with Gasteiger partial charge in [-0.3, -0.25) is 0 Å². The largest absolute Gasteiger partial charge is 0.347 e. The second kappa shape index (κ2) is 5.72. The SMILES string of the molecule is C[C@]12CC=C3C4=C(CC[C@H]3[C@@H]1CC[C@]2(C)C1CCC1)CC1(CC4)OCCO1. The number of hydrogen-bond acceptors (Lipinski definition) is 2. The fraction of sp³-hybridized carbons (Fsp3) is 0.840. The zero-order valence-electron chi connectivity index (χ0n) is 17.3. The molecule has 0 bridgehead atoms. The van der Waals surface area contributed by atoms with Crippen LogP contribution in [0.5, 0.6) is 0 Å². The standard InChI is InChI=1S/C25H36O2/c1-23(18-4-3-5-18)12-10-22-21-7-6-17-16-25(26-14-15-27-25)13-9-19(17)20(21)8-11-24(22,23)2/h8,18,21-22H,3-7,9-16H2,1-2H3/t21-,22+,23-,24+/m1/s1. The van der Waals surface area contributed by atoms with Gasteiger partial charge in [-0.25, -0.2) is 0 Å². The van der Waals surface area contributed by atoms with Crippen LogP contribution in [-0.4, -0.2) is 19.0 Å². The van der Waals surface area contributed by atoms with Gasteiger partial charge >= 0.3 is 0 Å². The van der Waals surface area contributed by atoms with E-state index in [1.807, 2.05) is 0 Å². The molecule has 1 aliphatic heterocycles. The Kier molecular flexibility index (Phi) is 3.66. The molecule has 0 aromatic carbocycles. The lowest BCUT2D eigenvalue weighted by Gasteiger charge is -2.56. The molecule has 0 amide bonds. The highest BCUT2D eigenvalue weighted by Gasteiger charge is 2.61. The van der Waals surface area contributed by atoms with Crippen LogP contribution in [0.4, 0.5) is 0 Å². The summed E-state index contributed by atoms with van der Waals surface area (Å²) >= 11 is 0. The van der Waals surface area contributed by atoms with Crippen molar-refractivity contribution in [2.75, 3.05) is 13.2 Å². The summed E-state index contributed by atoms with van der Waals surface area (Å²) in [7, 11) is 0. The zero-order valence-corrected chi connectivity index (χ0v) is 17.3. The third-order valence-electron chi connectivity index (χ3n) is 10.3. The van der Waals surface area contributed by atoms with Crippen LogP contribution in [-0.2, 0) is 9.47 Å². The van der Waals surface area contributed by atoms with Crippen molar-refractivity contribution >= 4 is 0 Å². The minimum absolute atomic E-state index is 0.258.